The molecular formula is C26H34Cl2N2O3. The molecule has 0 heterocycles. The van der Waals surface area contributed by atoms with Crippen molar-refractivity contribution in [3.05, 3.63) is 63.6 Å². The third-order valence-electron chi connectivity index (χ3n) is 5.60. The van der Waals surface area contributed by atoms with Crippen molar-refractivity contribution in [1.29, 1.82) is 0 Å². The smallest absolute Gasteiger partial charge is 0.243 e. The molecule has 0 radical (unpaired) electrons. The van der Waals surface area contributed by atoms with Gasteiger partial charge < -0.3 is 15.0 Å². The van der Waals surface area contributed by atoms with Crippen LogP contribution in [0.1, 0.15) is 57.6 Å². The van der Waals surface area contributed by atoms with Crippen molar-refractivity contribution in [2.75, 3.05) is 6.61 Å². The van der Waals surface area contributed by atoms with Crippen LogP contribution in [-0.2, 0) is 16.1 Å². The molecule has 0 saturated carbocycles. The normalized spacial score (nSPS) is 12.7. The Balaban J connectivity index is 2.13. The lowest BCUT2D eigenvalue weighted by molar-refractivity contribution is -0.141. The molecule has 0 bridgehead atoms. The summed E-state index contributed by atoms with van der Waals surface area (Å²) in [5.41, 5.74) is 1.80. The first kappa shape index (κ1) is 27.0. The van der Waals surface area contributed by atoms with E-state index in [9.17, 15) is 9.59 Å². The minimum absolute atomic E-state index is 0.0234. The molecule has 2 atom stereocenters. The van der Waals surface area contributed by atoms with Gasteiger partial charge in [0.1, 0.15) is 11.8 Å². The number of aryl methyl sites for hydroxylation is 1. The number of nitrogens with one attached hydrogen (secondary N) is 1. The highest BCUT2D eigenvalue weighted by Gasteiger charge is 2.30. The van der Waals surface area contributed by atoms with Crippen LogP contribution in [-0.4, -0.2) is 35.4 Å². The van der Waals surface area contributed by atoms with Gasteiger partial charge in [-0.05, 0) is 57.4 Å². The maximum Gasteiger partial charge on any atom is 0.243 e. The van der Waals surface area contributed by atoms with Gasteiger partial charge in [0.15, 0.2) is 0 Å². The van der Waals surface area contributed by atoms with E-state index >= 15 is 0 Å². The van der Waals surface area contributed by atoms with Crippen molar-refractivity contribution in [1.82, 2.24) is 10.2 Å². The van der Waals surface area contributed by atoms with Gasteiger partial charge in [-0.15, -0.1) is 0 Å². The Morgan fingerprint density at radius 2 is 1.67 bits per heavy atom. The number of amides is 2. The van der Waals surface area contributed by atoms with Crippen LogP contribution in [0, 0.1) is 6.92 Å². The Kier molecular flexibility index (Phi) is 11.0. The molecule has 2 aromatic rings. The second kappa shape index (κ2) is 13.5. The Morgan fingerprint density at radius 3 is 2.24 bits per heavy atom. The summed E-state index contributed by atoms with van der Waals surface area (Å²) < 4.78 is 5.76. The molecule has 0 aliphatic heterocycles. The fourth-order valence-corrected chi connectivity index (χ4v) is 3.92. The summed E-state index contributed by atoms with van der Waals surface area (Å²) in [7, 11) is 0. The number of halogens is 2. The predicted octanol–water partition coefficient (Wildman–Crippen LogP) is 6.18. The minimum Gasteiger partial charge on any atom is -0.494 e. The largest absolute Gasteiger partial charge is 0.494 e. The topological polar surface area (TPSA) is 58.6 Å². The lowest BCUT2D eigenvalue weighted by Gasteiger charge is -2.32. The number of hydrogen-bond acceptors (Lipinski definition) is 3. The number of carbonyl (C=O) groups is 2. The predicted molar refractivity (Wildman–Crippen MR) is 135 cm³/mol. The zero-order valence-electron chi connectivity index (χ0n) is 19.9. The number of rotatable bonds is 12. The van der Waals surface area contributed by atoms with Crippen molar-refractivity contribution >= 4 is 35.0 Å². The molecule has 33 heavy (non-hydrogen) atoms. The van der Waals surface area contributed by atoms with Crippen LogP contribution in [0.5, 0.6) is 5.75 Å². The lowest BCUT2D eigenvalue weighted by Crippen LogP contribution is -2.50. The lowest BCUT2D eigenvalue weighted by atomic mass is 10.1. The van der Waals surface area contributed by atoms with E-state index in [0.717, 1.165) is 17.7 Å². The molecule has 1 N–H and O–H groups in total. The average molecular weight is 493 g/mol. The molecule has 0 fully saturated rings. The fraction of sp³-hybridized carbons (Fsp3) is 0.462. The maximum absolute atomic E-state index is 13.3. The van der Waals surface area contributed by atoms with E-state index in [2.05, 4.69) is 5.32 Å². The highest BCUT2D eigenvalue weighted by Crippen LogP contribution is 2.27. The summed E-state index contributed by atoms with van der Waals surface area (Å²) in [6, 6.07) is 12.4. The average Bonchev–Trinajstić information content (AvgIpc) is 2.79. The third-order valence-corrected chi connectivity index (χ3v) is 6.31. The van der Waals surface area contributed by atoms with Crippen molar-refractivity contribution in [2.24, 2.45) is 0 Å². The number of benzene rings is 2. The van der Waals surface area contributed by atoms with E-state index in [-0.39, 0.29) is 30.8 Å². The van der Waals surface area contributed by atoms with Crippen molar-refractivity contribution in [3.63, 3.8) is 0 Å². The summed E-state index contributed by atoms with van der Waals surface area (Å²) in [6.45, 7) is 8.45. The van der Waals surface area contributed by atoms with Crippen LogP contribution in [0.15, 0.2) is 42.5 Å². The Bertz CT molecular complexity index is 898. The van der Waals surface area contributed by atoms with E-state index < -0.39 is 6.04 Å². The van der Waals surface area contributed by atoms with Crippen LogP contribution < -0.4 is 10.1 Å². The van der Waals surface area contributed by atoms with Gasteiger partial charge in [-0.25, -0.2) is 0 Å². The molecule has 2 rings (SSSR count). The molecule has 5 nitrogen and oxygen atoms in total. The van der Waals surface area contributed by atoms with Gasteiger partial charge in [0.2, 0.25) is 11.8 Å². The number of nitrogens with zero attached hydrogens (tertiary/aromatic N) is 1. The number of ether oxygens (including phenoxy) is 1. The van der Waals surface area contributed by atoms with Crippen molar-refractivity contribution in [3.8, 4) is 5.75 Å². The summed E-state index contributed by atoms with van der Waals surface area (Å²) >= 11 is 12.8. The van der Waals surface area contributed by atoms with Gasteiger partial charge in [0, 0.05) is 34.6 Å². The molecule has 180 valence electrons. The van der Waals surface area contributed by atoms with Crippen LogP contribution in [0.25, 0.3) is 0 Å². The highest BCUT2D eigenvalue weighted by molar-refractivity contribution is 6.36. The second-order valence-corrected chi connectivity index (χ2v) is 9.04. The van der Waals surface area contributed by atoms with Crippen LogP contribution in [0.2, 0.25) is 10.0 Å². The molecule has 7 heteroatoms. The molecule has 0 spiro atoms. The van der Waals surface area contributed by atoms with E-state index in [1.165, 1.54) is 0 Å². The summed E-state index contributed by atoms with van der Waals surface area (Å²) in [5, 5.41) is 3.95. The first-order valence-electron chi connectivity index (χ1n) is 11.5. The van der Waals surface area contributed by atoms with Gasteiger partial charge in [-0.3, -0.25) is 9.59 Å². The van der Waals surface area contributed by atoms with Gasteiger partial charge in [-0.1, -0.05) is 60.8 Å². The van der Waals surface area contributed by atoms with E-state index in [1.807, 2.05) is 52.0 Å². The monoisotopic (exact) mass is 492 g/mol. The summed E-state index contributed by atoms with van der Waals surface area (Å²) in [4.78, 5) is 27.9. The first-order chi connectivity index (χ1) is 15.8. The van der Waals surface area contributed by atoms with Gasteiger partial charge in [0.25, 0.3) is 0 Å². The molecular weight excluding hydrogens is 459 g/mol. The maximum atomic E-state index is 13.3. The van der Waals surface area contributed by atoms with E-state index in [0.29, 0.717) is 35.1 Å². The van der Waals surface area contributed by atoms with Gasteiger partial charge in [0.05, 0.1) is 6.61 Å². The first-order valence-corrected chi connectivity index (χ1v) is 12.2. The SMILES string of the molecule is CC[C@H](C(=O)N[C@@H](C)CC)N(Cc1c(Cl)cccc1Cl)C(=O)CCCOc1ccc(C)cc1. The Hall–Kier alpha value is -2.24. The zero-order chi connectivity index (χ0) is 24.4. The van der Waals surface area contributed by atoms with Crippen LogP contribution in [0.4, 0.5) is 0 Å². The van der Waals surface area contributed by atoms with Gasteiger partial charge in [-0.2, -0.15) is 0 Å². The van der Waals surface area contributed by atoms with Crippen molar-refractivity contribution < 1.29 is 14.3 Å². The Labute approximate surface area is 207 Å². The molecule has 0 unspecified atom stereocenters. The highest BCUT2D eigenvalue weighted by atomic mass is 35.5. The summed E-state index contributed by atoms with van der Waals surface area (Å²) in [5.74, 6) is 0.469. The molecule has 0 aliphatic carbocycles. The van der Waals surface area contributed by atoms with Crippen molar-refractivity contribution in [2.45, 2.75) is 72.0 Å². The number of carbonyl (C=O) groups excluding carboxylic acids is 2. The Morgan fingerprint density at radius 1 is 1.03 bits per heavy atom. The van der Waals surface area contributed by atoms with Crippen LogP contribution in [0.3, 0.4) is 0 Å². The molecule has 2 aromatic carbocycles. The molecule has 0 aromatic heterocycles. The second-order valence-electron chi connectivity index (χ2n) is 8.23. The standard InChI is InChI=1S/C26H34Cl2N2O3/c1-5-19(4)29-26(32)24(6-2)30(17-21-22(27)9-7-10-23(21)28)25(31)11-8-16-33-20-14-12-18(3)13-15-20/h7,9-10,12-15,19,24H,5-6,8,11,16-17H2,1-4H3,(H,29,32)/t19-,24+/m0/s1. The minimum atomic E-state index is -0.614. The molecule has 0 aliphatic rings. The summed E-state index contributed by atoms with van der Waals surface area (Å²) in [6.07, 6.45) is 2.07. The molecule has 0 saturated heterocycles. The van der Waals surface area contributed by atoms with E-state index in [4.69, 9.17) is 27.9 Å². The van der Waals surface area contributed by atoms with Crippen LogP contribution >= 0.6 is 23.2 Å². The number of hydrogen-bond donors (Lipinski definition) is 1. The fourth-order valence-electron chi connectivity index (χ4n) is 3.41. The third kappa shape index (κ3) is 8.24. The van der Waals surface area contributed by atoms with Gasteiger partial charge >= 0.3 is 0 Å². The molecule has 2 amide bonds. The zero-order valence-corrected chi connectivity index (χ0v) is 21.4. The van der Waals surface area contributed by atoms with E-state index in [1.54, 1.807) is 23.1 Å². The quantitative estimate of drug-likeness (QED) is 0.359.